The van der Waals surface area contributed by atoms with Crippen LogP contribution in [-0.2, 0) is 14.3 Å². The number of aliphatic carboxylic acids is 1. The molecule has 0 bridgehead atoms. The zero-order valence-electron chi connectivity index (χ0n) is 13.9. The van der Waals surface area contributed by atoms with Crippen LogP contribution in [0.25, 0.3) is 0 Å². The molecule has 0 spiro atoms. The van der Waals surface area contributed by atoms with Gasteiger partial charge in [-0.05, 0) is 26.2 Å². The van der Waals surface area contributed by atoms with Gasteiger partial charge in [0.25, 0.3) is 0 Å². The Hall–Kier alpha value is -0.730. The molecule has 1 aliphatic rings. The largest absolute Gasteiger partial charge is 0.481 e. The van der Waals surface area contributed by atoms with Crippen LogP contribution in [0, 0.1) is 0 Å². The molecule has 0 aliphatic carbocycles. The minimum Gasteiger partial charge on any atom is -0.481 e. The van der Waals surface area contributed by atoms with Crippen molar-refractivity contribution in [2.24, 2.45) is 0 Å². The first kappa shape index (κ1) is 20.3. The smallest absolute Gasteiger partial charge is 0.303 e. The molecule has 0 unspecified atom stereocenters. The highest BCUT2D eigenvalue weighted by Crippen LogP contribution is 2.25. The van der Waals surface area contributed by atoms with E-state index in [9.17, 15) is 20.1 Å². The predicted molar refractivity (Wildman–Crippen MR) is 82.9 cm³/mol. The van der Waals surface area contributed by atoms with Gasteiger partial charge in [-0.15, -0.1) is 0 Å². The van der Waals surface area contributed by atoms with Crippen LogP contribution < -0.4 is 0 Å². The van der Waals surface area contributed by atoms with Gasteiger partial charge in [0, 0.05) is 6.42 Å². The van der Waals surface area contributed by atoms with Crippen molar-refractivity contribution in [1.82, 2.24) is 0 Å². The third-order valence-electron chi connectivity index (χ3n) is 4.16. The molecule has 0 amide bonds. The number of carboxylic acids is 1. The molecule has 1 heterocycles. The Morgan fingerprint density at radius 2 is 1.78 bits per heavy atom. The summed E-state index contributed by atoms with van der Waals surface area (Å²) in [6.07, 6.45) is -0.517. The molecule has 0 aromatic heterocycles. The van der Waals surface area contributed by atoms with Crippen molar-refractivity contribution >= 4 is 5.97 Å². The number of hydrogen-bond donors (Lipinski definition) is 4. The molecule has 1 fully saturated rings. The van der Waals surface area contributed by atoms with Crippen molar-refractivity contribution < 1.29 is 34.7 Å². The van der Waals surface area contributed by atoms with Gasteiger partial charge in [-0.3, -0.25) is 4.79 Å². The Kier molecular flexibility index (Phi) is 9.01. The van der Waals surface area contributed by atoms with E-state index in [1.54, 1.807) is 6.92 Å². The molecule has 1 saturated heterocycles. The standard InChI is InChI=1S/C16H30O7/c1-3-7-11(8-5-4-6-9-12(17)18)23-16-15(21)14(20)13(19)10(2)22-16/h10-11,13-16,19-21H,3-9H2,1-2H3,(H,17,18)/t10-,11+,13-,14+,15-,16+/m1/s1. The fourth-order valence-corrected chi connectivity index (χ4v) is 2.74. The molecule has 6 atom stereocenters. The lowest BCUT2D eigenvalue weighted by molar-refractivity contribution is -0.304. The Morgan fingerprint density at radius 1 is 1.09 bits per heavy atom. The van der Waals surface area contributed by atoms with Gasteiger partial charge in [0.05, 0.1) is 12.2 Å². The predicted octanol–water partition coefficient (Wildman–Crippen LogP) is 1.03. The molecule has 1 rings (SSSR count). The first-order valence-electron chi connectivity index (χ1n) is 8.43. The summed E-state index contributed by atoms with van der Waals surface area (Å²) in [5.74, 6) is -0.786. The normalized spacial score (nSPS) is 32.7. The average molecular weight is 334 g/mol. The van der Waals surface area contributed by atoms with E-state index in [1.165, 1.54) is 0 Å². The maximum Gasteiger partial charge on any atom is 0.303 e. The Balaban J connectivity index is 2.43. The number of aliphatic hydroxyl groups is 3. The first-order valence-corrected chi connectivity index (χ1v) is 8.43. The van der Waals surface area contributed by atoms with Gasteiger partial charge in [-0.1, -0.05) is 26.2 Å². The van der Waals surface area contributed by atoms with Crippen LogP contribution in [0.3, 0.4) is 0 Å². The number of hydrogen-bond acceptors (Lipinski definition) is 6. The molecule has 7 heteroatoms. The molecular weight excluding hydrogens is 304 g/mol. The van der Waals surface area contributed by atoms with Crippen molar-refractivity contribution in [2.45, 2.75) is 95.6 Å². The van der Waals surface area contributed by atoms with Crippen LogP contribution in [0.2, 0.25) is 0 Å². The van der Waals surface area contributed by atoms with Gasteiger partial charge >= 0.3 is 5.97 Å². The Bertz CT molecular complexity index is 349. The summed E-state index contributed by atoms with van der Waals surface area (Å²) in [7, 11) is 0. The molecule has 0 aromatic rings. The van der Waals surface area contributed by atoms with E-state index in [1.807, 2.05) is 6.92 Å². The first-order chi connectivity index (χ1) is 10.9. The lowest BCUT2D eigenvalue weighted by Crippen LogP contribution is -2.57. The fraction of sp³-hybridized carbons (Fsp3) is 0.938. The average Bonchev–Trinajstić information content (AvgIpc) is 2.49. The maximum absolute atomic E-state index is 10.5. The number of carbonyl (C=O) groups is 1. The van der Waals surface area contributed by atoms with Crippen molar-refractivity contribution in [3.05, 3.63) is 0 Å². The van der Waals surface area contributed by atoms with Gasteiger partial charge in [-0.25, -0.2) is 0 Å². The molecule has 23 heavy (non-hydrogen) atoms. The summed E-state index contributed by atoms with van der Waals surface area (Å²) in [6, 6.07) is 0. The lowest BCUT2D eigenvalue weighted by atomic mass is 9.99. The molecule has 0 saturated carbocycles. The van der Waals surface area contributed by atoms with Crippen molar-refractivity contribution in [3.8, 4) is 0 Å². The third-order valence-corrected chi connectivity index (χ3v) is 4.16. The van der Waals surface area contributed by atoms with Crippen molar-refractivity contribution in [2.75, 3.05) is 0 Å². The molecule has 0 radical (unpaired) electrons. The second kappa shape index (κ2) is 10.2. The molecule has 1 aliphatic heterocycles. The van der Waals surface area contributed by atoms with E-state index in [4.69, 9.17) is 14.6 Å². The van der Waals surface area contributed by atoms with E-state index < -0.39 is 36.7 Å². The third kappa shape index (κ3) is 6.73. The highest BCUT2D eigenvalue weighted by Gasteiger charge is 2.43. The summed E-state index contributed by atoms with van der Waals surface area (Å²) < 4.78 is 11.3. The van der Waals surface area contributed by atoms with Gasteiger partial charge < -0.3 is 29.9 Å². The molecule has 0 aromatic carbocycles. The van der Waals surface area contributed by atoms with Gasteiger partial charge in [0.2, 0.25) is 0 Å². The van der Waals surface area contributed by atoms with Crippen LogP contribution in [-0.4, -0.2) is 63.2 Å². The topological polar surface area (TPSA) is 116 Å². The van der Waals surface area contributed by atoms with Crippen LogP contribution in [0.5, 0.6) is 0 Å². The zero-order chi connectivity index (χ0) is 17.4. The second-order valence-corrected chi connectivity index (χ2v) is 6.22. The maximum atomic E-state index is 10.5. The fourth-order valence-electron chi connectivity index (χ4n) is 2.74. The van der Waals surface area contributed by atoms with Crippen molar-refractivity contribution in [1.29, 1.82) is 0 Å². The molecule has 7 nitrogen and oxygen atoms in total. The lowest BCUT2D eigenvalue weighted by Gasteiger charge is -2.40. The number of unbranched alkanes of at least 4 members (excludes halogenated alkanes) is 2. The minimum absolute atomic E-state index is 0.126. The summed E-state index contributed by atoms with van der Waals surface area (Å²) >= 11 is 0. The summed E-state index contributed by atoms with van der Waals surface area (Å²) in [6.45, 7) is 3.65. The van der Waals surface area contributed by atoms with E-state index in [-0.39, 0.29) is 12.5 Å². The molecule has 4 N–H and O–H groups in total. The van der Waals surface area contributed by atoms with Crippen LogP contribution >= 0.6 is 0 Å². The quantitative estimate of drug-likeness (QED) is 0.441. The van der Waals surface area contributed by atoms with Gasteiger partial charge in [0.15, 0.2) is 6.29 Å². The zero-order valence-corrected chi connectivity index (χ0v) is 13.9. The summed E-state index contributed by atoms with van der Waals surface area (Å²) in [5, 5.41) is 38.1. The number of aliphatic hydroxyl groups excluding tert-OH is 3. The highest BCUT2D eigenvalue weighted by atomic mass is 16.7. The summed E-state index contributed by atoms with van der Waals surface area (Å²) in [5.41, 5.74) is 0. The van der Waals surface area contributed by atoms with E-state index >= 15 is 0 Å². The van der Waals surface area contributed by atoms with Crippen LogP contribution in [0.15, 0.2) is 0 Å². The van der Waals surface area contributed by atoms with Crippen molar-refractivity contribution in [3.63, 3.8) is 0 Å². The number of rotatable bonds is 10. The monoisotopic (exact) mass is 334 g/mol. The van der Waals surface area contributed by atoms with Crippen LogP contribution in [0.4, 0.5) is 0 Å². The Morgan fingerprint density at radius 3 is 2.39 bits per heavy atom. The Labute approximate surface area is 137 Å². The highest BCUT2D eigenvalue weighted by molar-refractivity contribution is 5.66. The molecular formula is C16H30O7. The second-order valence-electron chi connectivity index (χ2n) is 6.22. The van der Waals surface area contributed by atoms with E-state index in [0.29, 0.717) is 6.42 Å². The number of ether oxygens (including phenoxy) is 2. The van der Waals surface area contributed by atoms with Gasteiger partial charge in [-0.2, -0.15) is 0 Å². The minimum atomic E-state index is -1.29. The SMILES string of the molecule is CCC[C@@H](CCCCCC(=O)O)O[C@@H]1O[C@H](C)[C@@H](O)[C@H](O)[C@H]1O. The van der Waals surface area contributed by atoms with E-state index in [0.717, 1.165) is 32.1 Å². The summed E-state index contributed by atoms with van der Waals surface area (Å²) in [4.78, 5) is 10.5. The van der Waals surface area contributed by atoms with Crippen LogP contribution in [0.1, 0.15) is 58.8 Å². The molecule has 136 valence electrons. The number of carboxylic acid groups (broad SMARTS) is 1. The van der Waals surface area contributed by atoms with Gasteiger partial charge in [0.1, 0.15) is 18.3 Å². The van der Waals surface area contributed by atoms with E-state index in [2.05, 4.69) is 0 Å².